The van der Waals surface area contributed by atoms with E-state index in [-0.39, 0.29) is 0 Å². The number of likely N-dealkylation sites (tertiary alicyclic amines) is 1. The van der Waals surface area contributed by atoms with E-state index in [9.17, 15) is 0 Å². The van der Waals surface area contributed by atoms with Gasteiger partial charge in [-0.15, -0.1) is 0 Å². The van der Waals surface area contributed by atoms with E-state index in [0.717, 1.165) is 11.8 Å². The van der Waals surface area contributed by atoms with Crippen LogP contribution in [0.4, 0.5) is 0 Å². The van der Waals surface area contributed by atoms with Crippen LogP contribution < -0.4 is 0 Å². The van der Waals surface area contributed by atoms with Gasteiger partial charge in [0.25, 0.3) is 0 Å². The van der Waals surface area contributed by atoms with Crippen molar-refractivity contribution in [1.29, 1.82) is 0 Å². The van der Waals surface area contributed by atoms with Gasteiger partial charge in [-0.05, 0) is 44.2 Å². The normalized spacial score (nSPS) is 37.8. The predicted molar refractivity (Wildman–Crippen MR) is 52.2 cm³/mol. The van der Waals surface area contributed by atoms with Crippen molar-refractivity contribution < 1.29 is 0 Å². The maximum atomic E-state index is 2.65. The first kappa shape index (κ1) is 8.55. The molecule has 2 rings (SSSR count). The molecule has 0 radical (unpaired) electrons. The minimum atomic E-state index is 1.06. The maximum absolute atomic E-state index is 2.65. The lowest BCUT2D eigenvalue weighted by Gasteiger charge is -2.22. The molecule has 1 aliphatic heterocycles. The summed E-state index contributed by atoms with van der Waals surface area (Å²) >= 11 is 0. The Kier molecular flexibility index (Phi) is 2.69. The monoisotopic (exact) mass is 167 g/mol. The number of rotatable bonds is 1. The minimum Gasteiger partial charge on any atom is -0.303 e. The van der Waals surface area contributed by atoms with Crippen LogP contribution in [0.1, 0.15) is 39.0 Å². The average Bonchev–Trinajstić information content (AvgIpc) is 2.43. The van der Waals surface area contributed by atoms with Crippen molar-refractivity contribution in [3.63, 3.8) is 0 Å². The quantitative estimate of drug-likeness (QED) is 0.580. The molecule has 1 heterocycles. The standard InChI is InChI=1S/C11H21N/c1-2-12-8-4-7-10-5-3-6-11(10)9-12/h10-11H,2-9H2,1H3. The highest BCUT2D eigenvalue weighted by atomic mass is 15.1. The van der Waals surface area contributed by atoms with Crippen LogP contribution in [-0.2, 0) is 0 Å². The molecule has 0 N–H and O–H groups in total. The molecule has 1 saturated heterocycles. The van der Waals surface area contributed by atoms with E-state index in [4.69, 9.17) is 0 Å². The van der Waals surface area contributed by atoms with Gasteiger partial charge in [0.2, 0.25) is 0 Å². The lowest BCUT2D eigenvalue weighted by Crippen LogP contribution is -2.28. The topological polar surface area (TPSA) is 3.24 Å². The molecule has 12 heavy (non-hydrogen) atoms. The summed E-state index contributed by atoms with van der Waals surface area (Å²) in [5.41, 5.74) is 0. The Morgan fingerprint density at radius 2 is 1.83 bits per heavy atom. The van der Waals surface area contributed by atoms with Crippen LogP contribution in [0.25, 0.3) is 0 Å². The highest BCUT2D eigenvalue weighted by Gasteiger charge is 2.30. The number of nitrogens with zero attached hydrogens (tertiary/aromatic N) is 1. The van der Waals surface area contributed by atoms with E-state index in [1.165, 1.54) is 51.7 Å². The first-order chi connectivity index (χ1) is 5.90. The largest absolute Gasteiger partial charge is 0.303 e. The van der Waals surface area contributed by atoms with Gasteiger partial charge < -0.3 is 4.90 Å². The van der Waals surface area contributed by atoms with Gasteiger partial charge in [0.1, 0.15) is 0 Å². The third-order valence-electron chi connectivity index (χ3n) is 3.81. The molecule has 1 nitrogen and oxygen atoms in total. The molecule has 1 aliphatic carbocycles. The van der Waals surface area contributed by atoms with Crippen LogP contribution in [0.15, 0.2) is 0 Å². The molecule has 0 bridgehead atoms. The summed E-state index contributed by atoms with van der Waals surface area (Å²) in [5.74, 6) is 2.16. The number of hydrogen-bond acceptors (Lipinski definition) is 1. The van der Waals surface area contributed by atoms with Crippen molar-refractivity contribution in [3.8, 4) is 0 Å². The SMILES string of the molecule is CCN1CCCC2CCCC2C1. The van der Waals surface area contributed by atoms with Crippen LogP contribution in [0.2, 0.25) is 0 Å². The van der Waals surface area contributed by atoms with Gasteiger partial charge in [0, 0.05) is 6.54 Å². The summed E-state index contributed by atoms with van der Waals surface area (Å²) in [6, 6.07) is 0. The fourth-order valence-electron chi connectivity index (χ4n) is 3.02. The lowest BCUT2D eigenvalue weighted by molar-refractivity contribution is 0.248. The molecule has 2 unspecified atom stereocenters. The fourth-order valence-corrected chi connectivity index (χ4v) is 3.02. The van der Waals surface area contributed by atoms with Gasteiger partial charge in [-0.25, -0.2) is 0 Å². The van der Waals surface area contributed by atoms with E-state index < -0.39 is 0 Å². The Labute approximate surface area is 76.1 Å². The van der Waals surface area contributed by atoms with Crippen LogP contribution in [-0.4, -0.2) is 24.5 Å². The van der Waals surface area contributed by atoms with Crippen molar-refractivity contribution >= 4 is 0 Å². The molecule has 1 saturated carbocycles. The van der Waals surface area contributed by atoms with Crippen molar-refractivity contribution in [3.05, 3.63) is 0 Å². The summed E-state index contributed by atoms with van der Waals surface area (Å²) < 4.78 is 0. The van der Waals surface area contributed by atoms with Gasteiger partial charge in [-0.3, -0.25) is 0 Å². The van der Waals surface area contributed by atoms with Crippen LogP contribution in [0, 0.1) is 11.8 Å². The smallest absolute Gasteiger partial charge is 0.00122 e. The second-order valence-electron chi connectivity index (χ2n) is 4.49. The minimum absolute atomic E-state index is 1.06. The summed E-state index contributed by atoms with van der Waals surface area (Å²) in [7, 11) is 0. The summed E-state index contributed by atoms with van der Waals surface area (Å²) in [5, 5.41) is 0. The van der Waals surface area contributed by atoms with Gasteiger partial charge >= 0.3 is 0 Å². The Bertz CT molecular complexity index is 144. The molecule has 0 aromatic rings. The first-order valence-electron chi connectivity index (χ1n) is 5.62. The van der Waals surface area contributed by atoms with Gasteiger partial charge in [0.05, 0.1) is 0 Å². The van der Waals surface area contributed by atoms with Crippen molar-refractivity contribution in [1.82, 2.24) is 4.90 Å². The summed E-state index contributed by atoms with van der Waals surface area (Å²) in [6.45, 7) is 6.34. The van der Waals surface area contributed by atoms with E-state index in [1.807, 2.05) is 0 Å². The van der Waals surface area contributed by atoms with E-state index in [0.29, 0.717) is 0 Å². The van der Waals surface area contributed by atoms with Crippen molar-refractivity contribution in [2.45, 2.75) is 39.0 Å². The Morgan fingerprint density at radius 3 is 2.67 bits per heavy atom. The highest BCUT2D eigenvalue weighted by Crippen LogP contribution is 2.37. The Balaban J connectivity index is 1.94. The summed E-state index contributed by atoms with van der Waals surface area (Å²) in [4.78, 5) is 2.65. The second kappa shape index (κ2) is 3.78. The molecule has 0 spiro atoms. The highest BCUT2D eigenvalue weighted by molar-refractivity contribution is 4.82. The number of fused-ring (bicyclic) bond motifs is 1. The average molecular weight is 167 g/mol. The summed E-state index contributed by atoms with van der Waals surface area (Å²) in [6.07, 6.45) is 7.52. The zero-order valence-electron chi connectivity index (χ0n) is 8.26. The molecule has 0 aromatic heterocycles. The third kappa shape index (κ3) is 1.66. The van der Waals surface area contributed by atoms with Gasteiger partial charge in [-0.2, -0.15) is 0 Å². The molecule has 0 amide bonds. The lowest BCUT2D eigenvalue weighted by atomic mass is 9.93. The van der Waals surface area contributed by atoms with Crippen LogP contribution in [0.3, 0.4) is 0 Å². The number of hydrogen-bond donors (Lipinski definition) is 0. The molecule has 2 atom stereocenters. The molecule has 70 valence electrons. The third-order valence-corrected chi connectivity index (χ3v) is 3.81. The predicted octanol–water partition coefficient (Wildman–Crippen LogP) is 2.52. The van der Waals surface area contributed by atoms with E-state index in [1.54, 1.807) is 0 Å². The maximum Gasteiger partial charge on any atom is 0.00122 e. The Hall–Kier alpha value is -0.0400. The molecular weight excluding hydrogens is 146 g/mol. The molecule has 0 aromatic carbocycles. The molecule has 2 fully saturated rings. The fraction of sp³-hybridized carbons (Fsp3) is 1.00. The van der Waals surface area contributed by atoms with Crippen molar-refractivity contribution in [2.24, 2.45) is 11.8 Å². The molecule has 1 heteroatoms. The Morgan fingerprint density at radius 1 is 1.08 bits per heavy atom. The zero-order valence-corrected chi connectivity index (χ0v) is 8.26. The molecular formula is C11H21N. The zero-order chi connectivity index (χ0) is 8.39. The molecule has 2 aliphatic rings. The van der Waals surface area contributed by atoms with Crippen LogP contribution in [0.5, 0.6) is 0 Å². The van der Waals surface area contributed by atoms with E-state index in [2.05, 4.69) is 11.8 Å². The second-order valence-corrected chi connectivity index (χ2v) is 4.49. The first-order valence-corrected chi connectivity index (χ1v) is 5.62. The van der Waals surface area contributed by atoms with Crippen molar-refractivity contribution in [2.75, 3.05) is 19.6 Å². The van der Waals surface area contributed by atoms with Crippen LogP contribution >= 0.6 is 0 Å². The van der Waals surface area contributed by atoms with E-state index >= 15 is 0 Å². The van der Waals surface area contributed by atoms with Gasteiger partial charge in [0.15, 0.2) is 0 Å². The van der Waals surface area contributed by atoms with Gasteiger partial charge in [-0.1, -0.05) is 19.8 Å².